The third-order valence-corrected chi connectivity index (χ3v) is 1.36. The number of ether oxygens (including phenoxy) is 2. The molecule has 0 amide bonds. The monoisotopic (exact) mass is 214 g/mol. The average molecular weight is 214 g/mol. The minimum absolute atomic E-state index is 0.0124. The quantitative estimate of drug-likeness (QED) is 0.381. The predicted octanol–water partition coefficient (Wildman–Crippen LogP) is 0.628. The lowest BCUT2D eigenvalue weighted by molar-refractivity contribution is -0.148. The zero-order valence-corrected chi connectivity index (χ0v) is 9.03. The highest BCUT2D eigenvalue weighted by molar-refractivity contribution is 5.97. The largest absolute Gasteiger partial charge is 0.462 e. The van der Waals surface area contributed by atoms with Crippen LogP contribution < -0.4 is 0 Å². The molecule has 84 valence electrons. The van der Waals surface area contributed by atoms with Crippen LogP contribution in [0.15, 0.2) is 11.6 Å². The molecule has 0 bridgehead atoms. The van der Waals surface area contributed by atoms with Gasteiger partial charge in [-0.05, 0) is 19.9 Å². The van der Waals surface area contributed by atoms with Crippen LogP contribution in [0.5, 0.6) is 0 Å². The third kappa shape index (κ3) is 7.42. The molecule has 0 atom stereocenters. The molecule has 0 fully saturated rings. The summed E-state index contributed by atoms with van der Waals surface area (Å²) >= 11 is 0. The van der Waals surface area contributed by atoms with Crippen LogP contribution in [0.2, 0.25) is 0 Å². The Morgan fingerprint density at radius 2 is 1.53 bits per heavy atom. The molecule has 0 aromatic heterocycles. The molecule has 5 heteroatoms. The van der Waals surface area contributed by atoms with E-state index in [1.165, 1.54) is 26.8 Å². The second kappa shape index (κ2) is 6.75. The summed E-state index contributed by atoms with van der Waals surface area (Å²) in [5.74, 6) is -1.23. The molecule has 0 saturated carbocycles. The van der Waals surface area contributed by atoms with Crippen LogP contribution >= 0.6 is 0 Å². The van der Waals surface area contributed by atoms with Crippen LogP contribution in [-0.2, 0) is 23.9 Å². The van der Waals surface area contributed by atoms with E-state index < -0.39 is 11.9 Å². The van der Waals surface area contributed by atoms with Gasteiger partial charge in [-0.3, -0.25) is 9.59 Å². The summed E-state index contributed by atoms with van der Waals surface area (Å²) in [5.41, 5.74) is 0.227. The highest BCUT2D eigenvalue weighted by Crippen LogP contribution is 1.96. The van der Waals surface area contributed by atoms with Crippen LogP contribution in [0.3, 0.4) is 0 Å². The van der Waals surface area contributed by atoms with Gasteiger partial charge in [0.15, 0.2) is 5.78 Å². The Morgan fingerprint density at radius 1 is 1.00 bits per heavy atom. The molecule has 0 radical (unpaired) electrons. The molecular formula is C10H14O5. The maximum absolute atomic E-state index is 11.1. The van der Waals surface area contributed by atoms with E-state index in [4.69, 9.17) is 4.74 Å². The van der Waals surface area contributed by atoms with E-state index in [2.05, 4.69) is 4.74 Å². The molecule has 0 saturated heterocycles. The predicted molar refractivity (Wildman–Crippen MR) is 52.0 cm³/mol. The van der Waals surface area contributed by atoms with Crippen molar-refractivity contribution < 1.29 is 23.9 Å². The first-order chi connectivity index (χ1) is 6.93. The molecule has 0 rings (SSSR count). The first kappa shape index (κ1) is 13.4. The molecule has 0 aliphatic rings. The minimum Gasteiger partial charge on any atom is -0.462 e. The number of hydrogen-bond donors (Lipinski definition) is 0. The topological polar surface area (TPSA) is 69.7 Å². The van der Waals surface area contributed by atoms with Crippen molar-refractivity contribution in [3.63, 3.8) is 0 Å². The molecule has 0 heterocycles. The molecule has 0 aromatic carbocycles. The zero-order valence-electron chi connectivity index (χ0n) is 9.03. The smallest absolute Gasteiger partial charge is 0.333 e. The second-order valence-corrected chi connectivity index (χ2v) is 2.91. The molecule has 0 aliphatic carbocycles. The summed E-state index contributed by atoms with van der Waals surface area (Å²) in [6.07, 6.45) is 1.19. The lowest BCUT2D eigenvalue weighted by Crippen LogP contribution is -2.13. The Balaban J connectivity index is 3.84. The third-order valence-electron chi connectivity index (χ3n) is 1.36. The van der Waals surface area contributed by atoms with E-state index in [1.807, 2.05) is 0 Å². The fraction of sp³-hybridized carbons (Fsp3) is 0.500. The molecule has 0 aromatic rings. The van der Waals surface area contributed by atoms with Gasteiger partial charge in [0.2, 0.25) is 0 Å². The van der Waals surface area contributed by atoms with Gasteiger partial charge in [0, 0.05) is 12.5 Å². The Bertz CT molecular complexity index is 290. The summed E-state index contributed by atoms with van der Waals surface area (Å²) in [5, 5.41) is 0. The minimum atomic E-state index is -0.586. The standard InChI is InChI=1S/C10H14O5/c1-7(6-8(2)11)10(13)15-5-4-14-9(3)12/h6H,4-5H2,1-3H3. The van der Waals surface area contributed by atoms with Gasteiger partial charge in [-0.15, -0.1) is 0 Å². The van der Waals surface area contributed by atoms with Crippen molar-refractivity contribution in [1.29, 1.82) is 0 Å². The molecule has 5 nitrogen and oxygen atoms in total. The number of carbonyl (C=O) groups is 3. The van der Waals surface area contributed by atoms with Gasteiger partial charge in [-0.2, -0.15) is 0 Å². The maximum atomic E-state index is 11.1. The Labute approximate surface area is 88.0 Å². The van der Waals surface area contributed by atoms with E-state index in [9.17, 15) is 14.4 Å². The van der Waals surface area contributed by atoms with Gasteiger partial charge in [0.25, 0.3) is 0 Å². The second-order valence-electron chi connectivity index (χ2n) is 2.91. The van der Waals surface area contributed by atoms with Crippen molar-refractivity contribution in [2.75, 3.05) is 13.2 Å². The molecular weight excluding hydrogens is 200 g/mol. The van der Waals surface area contributed by atoms with Crippen LogP contribution in [0.25, 0.3) is 0 Å². The van der Waals surface area contributed by atoms with Gasteiger partial charge in [-0.1, -0.05) is 0 Å². The van der Waals surface area contributed by atoms with Gasteiger partial charge in [0.05, 0.1) is 0 Å². The summed E-state index contributed by atoms with van der Waals surface area (Å²) in [7, 11) is 0. The fourth-order valence-electron chi connectivity index (χ4n) is 0.797. The van der Waals surface area contributed by atoms with Crippen molar-refractivity contribution in [3.05, 3.63) is 11.6 Å². The van der Waals surface area contributed by atoms with Crippen molar-refractivity contribution in [3.8, 4) is 0 Å². The van der Waals surface area contributed by atoms with E-state index in [0.29, 0.717) is 0 Å². The summed E-state index contributed by atoms with van der Waals surface area (Å²) in [6.45, 7) is 4.10. The highest BCUT2D eigenvalue weighted by Gasteiger charge is 2.06. The molecule has 0 unspecified atom stereocenters. The Kier molecular flexibility index (Phi) is 6.01. The van der Waals surface area contributed by atoms with Crippen molar-refractivity contribution in [1.82, 2.24) is 0 Å². The number of rotatable bonds is 5. The van der Waals surface area contributed by atoms with Crippen molar-refractivity contribution >= 4 is 17.7 Å². The fourth-order valence-corrected chi connectivity index (χ4v) is 0.797. The lowest BCUT2D eigenvalue weighted by atomic mass is 10.2. The maximum Gasteiger partial charge on any atom is 0.333 e. The lowest BCUT2D eigenvalue weighted by Gasteiger charge is -2.04. The molecule has 0 aliphatic heterocycles. The number of carbonyl (C=O) groups excluding carboxylic acids is 3. The number of hydrogen-bond acceptors (Lipinski definition) is 5. The van der Waals surface area contributed by atoms with Crippen LogP contribution in [0.4, 0.5) is 0 Å². The van der Waals surface area contributed by atoms with E-state index >= 15 is 0 Å². The SMILES string of the molecule is CC(=O)C=C(C)C(=O)OCCOC(C)=O. The Morgan fingerprint density at radius 3 is 2.00 bits per heavy atom. The van der Waals surface area contributed by atoms with Crippen molar-refractivity contribution in [2.45, 2.75) is 20.8 Å². The number of esters is 2. The Hall–Kier alpha value is -1.65. The van der Waals surface area contributed by atoms with Crippen molar-refractivity contribution in [2.24, 2.45) is 0 Å². The molecule has 0 N–H and O–H groups in total. The van der Waals surface area contributed by atoms with Crippen LogP contribution in [0.1, 0.15) is 20.8 Å². The van der Waals surface area contributed by atoms with E-state index in [1.54, 1.807) is 0 Å². The van der Waals surface area contributed by atoms with E-state index in [0.717, 1.165) is 0 Å². The van der Waals surface area contributed by atoms with Gasteiger partial charge >= 0.3 is 11.9 Å². The molecule has 0 spiro atoms. The average Bonchev–Trinajstić information content (AvgIpc) is 2.10. The summed E-state index contributed by atoms with van der Waals surface area (Å²) in [6, 6.07) is 0. The number of ketones is 1. The summed E-state index contributed by atoms with van der Waals surface area (Å²) < 4.78 is 9.27. The first-order valence-electron chi connectivity index (χ1n) is 4.43. The summed E-state index contributed by atoms with van der Waals surface area (Å²) in [4.78, 5) is 32.1. The van der Waals surface area contributed by atoms with Gasteiger partial charge < -0.3 is 9.47 Å². The van der Waals surface area contributed by atoms with Gasteiger partial charge in [-0.25, -0.2) is 4.79 Å². The number of allylic oxidation sites excluding steroid dienone is 1. The normalized spacial score (nSPS) is 10.7. The molecule has 15 heavy (non-hydrogen) atoms. The van der Waals surface area contributed by atoms with E-state index in [-0.39, 0.29) is 24.6 Å². The van der Waals surface area contributed by atoms with Crippen LogP contribution in [-0.4, -0.2) is 30.9 Å². The zero-order chi connectivity index (χ0) is 11.8. The van der Waals surface area contributed by atoms with Gasteiger partial charge in [0.1, 0.15) is 13.2 Å². The van der Waals surface area contributed by atoms with Crippen LogP contribution in [0, 0.1) is 0 Å². The highest BCUT2D eigenvalue weighted by atomic mass is 16.6. The first-order valence-corrected chi connectivity index (χ1v) is 4.43.